The fourth-order valence-corrected chi connectivity index (χ4v) is 6.12. The number of halogens is 3. The number of rotatable bonds is 9. The van der Waals surface area contributed by atoms with Gasteiger partial charge in [0.05, 0.1) is 12.3 Å². The van der Waals surface area contributed by atoms with Crippen LogP contribution in [0, 0.1) is 0 Å². The van der Waals surface area contributed by atoms with Crippen LogP contribution >= 0.6 is 0 Å². The molecule has 2 saturated heterocycles. The highest BCUT2D eigenvalue weighted by atomic mass is 32.2. The van der Waals surface area contributed by atoms with E-state index in [1.807, 2.05) is 24.1 Å². The summed E-state index contributed by atoms with van der Waals surface area (Å²) in [6, 6.07) is 17.0. The molecule has 2 fully saturated rings. The molecule has 2 heterocycles. The minimum atomic E-state index is -4.92. The first-order valence-corrected chi connectivity index (χ1v) is 16.2. The summed E-state index contributed by atoms with van der Waals surface area (Å²) in [6.45, 7) is 3.59. The third-order valence-electron chi connectivity index (χ3n) is 7.94. The number of carbonyl (C=O) groups is 2. The molecule has 0 aliphatic carbocycles. The molecule has 0 saturated carbocycles. The molecule has 45 heavy (non-hydrogen) atoms. The number of benzene rings is 3. The average molecular weight is 646 g/mol. The molecule has 1 unspecified atom stereocenters. The first-order valence-electron chi connectivity index (χ1n) is 14.3. The van der Waals surface area contributed by atoms with Crippen LogP contribution < -0.4 is 15.4 Å². The molecule has 0 spiro atoms. The Balaban J connectivity index is 1.23. The molecule has 240 valence electrons. The SMILES string of the molecule is CN1CCC1C(=O)Nc1ccc(OC(F)(F)F)c(-c2ccc(C(=O)Nc3ccc(CN4CCN(S(C)(=O)=O)CC4)cc3)cc2)c1. The molecule has 2 amide bonds. The van der Waals surface area contributed by atoms with Crippen molar-refractivity contribution < 1.29 is 35.9 Å². The molecular formula is C31H34F3N5O5S. The normalized spacial score (nSPS) is 18.2. The lowest BCUT2D eigenvalue weighted by Gasteiger charge is -2.36. The number of nitrogens with zero attached hydrogens (tertiary/aromatic N) is 3. The van der Waals surface area contributed by atoms with Gasteiger partial charge in [-0.3, -0.25) is 19.4 Å². The molecule has 2 N–H and O–H groups in total. The van der Waals surface area contributed by atoms with Gasteiger partial charge in [0.15, 0.2) is 0 Å². The van der Waals surface area contributed by atoms with Gasteiger partial charge in [-0.25, -0.2) is 8.42 Å². The fourth-order valence-electron chi connectivity index (χ4n) is 5.30. The Morgan fingerprint density at radius 2 is 1.53 bits per heavy atom. The van der Waals surface area contributed by atoms with Gasteiger partial charge >= 0.3 is 6.36 Å². The van der Waals surface area contributed by atoms with Crippen LogP contribution in [-0.2, 0) is 21.4 Å². The highest BCUT2D eigenvalue weighted by Crippen LogP contribution is 2.36. The molecule has 3 aromatic carbocycles. The highest BCUT2D eigenvalue weighted by molar-refractivity contribution is 7.88. The molecule has 3 aromatic rings. The molecule has 2 aliphatic heterocycles. The van der Waals surface area contributed by atoms with E-state index in [9.17, 15) is 31.2 Å². The first kappa shape index (κ1) is 32.4. The van der Waals surface area contributed by atoms with E-state index in [0.29, 0.717) is 61.6 Å². The van der Waals surface area contributed by atoms with Crippen LogP contribution in [0.3, 0.4) is 0 Å². The highest BCUT2D eigenvalue weighted by Gasteiger charge is 2.33. The Bertz CT molecular complexity index is 1640. The van der Waals surface area contributed by atoms with Gasteiger partial charge < -0.3 is 15.4 Å². The number of hydrogen-bond donors (Lipinski definition) is 2. The van der Waals surface area contributed by atoms with E-state index in [0.717, 1.165) is 18.2 Å². The summed E-state index contributed by atoms with van der Waals surface area (Å²) in [4.78, 5) is 29.5. The van der Waals surface area contributed by atoms with Gasteiger partial charge in [-0.1, -0.05) is 24.3 Å². The van der Waals surface area contributed by atoms with Crippen LogP contribution in [0.25, 0.3) is 11.1 Å². The third kappa shape index (κ3) is 8.39. The number of carbonyl (C=O) groups excluding carboxylic acids is 2. The van der Waals surface area contributed by atoms with Crippen LogP contribution in [0.1, 0.15) is 22.3 Å². The Kier molecular flexibility index (Phi) is 9.49. The maximum absolute atomic E-state index is 13.1. The van der Waals surface area contributed by atoms with Crippen LogP contribution in [0.4, 0.5) is 24.5 Å². The van der Waals surface area contributed by atoms with E-state index < -0.39 is 28.0 Å². The molecule has 0 aromatic heterocycles. The molecular weight excluding hydrogens is 611 g/mol. The zero-order valence-corrected chi connectivity index (χ0v) is 25.6. The standard InChI is InChI=1S/C31H34F3N5O5S/c1-37-14-13-27(37)30(41)36-25-11-12-28(44-31(32,33)34)26(19-25)22-5-7-23(8-6-22)29(40)35-24-9-3-21(4-10-24)20-38-15-17-39(18-16-38)45(2,42)43/h3-12,19,27H,13-18,20H2,1-2H3,(H,35,40)(H,36,41). The van der Waals surface area contributed by atoms with Gasteiger partial charge in [0, 0.05) is 61.8 Å². The Morgan fingerprint density at radius 3 is 2.09 bits per heavy atom. The third-order valence-corrected chi connectivity index (χ3v) is 9.24. The van der Waals surface area contributed by atoms with Crippen molar-refractivity contribution in [2.24, 2.45) is 0 Å². The number of alkyl halides is 3. The van der Waals surface area contributed by atoms with Crippen molar-refractivity contribution in [2.45, 2.75) is 25.4 Å². The van der Waals surface area contributed by atoms with Crippen molar-refractivity contribution in [3.05, 3.63) is 77.9 Å². The van der Waals surface area contributed by atoms with E-state index in [4.69, 9.17) is 0 Å². The zero-order chi connectivity index (χ0) is 32.4. The summed E-state index contributed by atoms with van der Waals surface area (Å²) in [5, 5.41) is 5.58. The molecule has 0 bridgehead atoms. The van der Waals surface area contributed by atoms with E-state index in [-0.39, 0.29) is 17.5 Å². The summed E-state index contributed by atoms with van der Waals surface area (Å²) in [5.74, 6) is -1.08. The second-order valence-corrected chi connectivity index (χ2v) is 13.2. The van der Waals surface area contributed by atoms with Crippen molar-refractivity contribution in [3.8, 4) is 16.9 Å². The van der Waals surface area contributed by atoms with Crippen LogP contribution in [0.2, 0.25) is 0 Å². The first-order chi connectivity index (χ1) is 21.2. The van der Waals surface area contributed by atoms with Gasteiger partial charge in [-0.2, -0.15) is 4.31 Å². The van der Waals surface area contributed by atoms with Crippen molar-refractivity contribution in [3.63, 3.8) is 0 Å². The predicted molar refractivity (Wildman–Crippen MR) is 164 cm³/mol. The maximum Gasteiger partial charge on any atom is 0.573 e. The predicted octanol–water partition coefficient (Wildman–Crippen LogP) is 4.22. The monoisotopic (exact) mass is 645 g/mol. The molecule has 10 nitrogen and oxygen atoms in total. The molecule has 0 radical (unpaired) electrons. The summed E-state index contributed by atoms with van der Waals surface area (Å²) in [5.41, 5.74) is 2.67. The smallest absolute Gasteiger partial charge is 0.405 e. The zero-order valence-electron chi connectivity index (χ0n) is 24.8. The fraction of sp³-hybridized carbons (Fsp3) is 0.355. The van der Waals surface area contributed by atoms with E-state index in [2.05, 4.69) is 20.3 Å². The van der Waals surface area contributed by atoms with Crippen LogP contribution in [0.5, 0.6) is 5.75 Å². The van der Waals surface area contributed by atoms with Crippen molar-refractivity contribution in [2.75, 3.05) is 56.7 Å². The quantitative estimate of drug-likeness (QED) is 0.359. The largest absolute Gasteiger partial charge is 0.573 e. The van der Waals surface area contributed by atoms with E-state index in [1.165, 1.54) is 47.0 Å². The number of likely N-dealkylation sites (tertiary alicyclic amines) is 1. The van der Waals surface area contributed by atoms with Gasteiger partial charge in [-0.05, 0) is 67.1 Å². The lowest BCUT2D eigenvalue weighted by atomic mass is 10.0. The maximum atomic E-state index is 13.1. The number of anilines is 2. The summed E-state index contributed by atoms with van der Waals surface area (Å²) < 4.78 is 68.6. The summed E-state index contributed by atoms with van der Waals surface area (Å²) in [6.07, 6.45) is -3.01. The van der Waals surface area contributed by atoms with Gasteiger partial charge in [0.1, 0.15) is 5.75 Å². The lowest BCUT2D eigenvalue weighted by Crippen LogP contribution is -2.51. The minimum absolute atomic E-state index is 0.104. The molecule has 2 aliphatic rings. The van der Waals surface area contributed by atoms with Gasteiger partial charge in [-0.15, -0.1) is 13.2 Å². The number of ether oxygens (including phenoxy) is 1. The van der Waals surface area contributed by atoms with Crippen LogP contribution in [-0.4, -0.2) is 92.8 Å². The van der Waals surface area contributed by atoms with Crippen molar-refractivity contribution in [1.82, 2.24) is 14.1 Å². The van der Waals surface area contributed by atoms with E-state index >= 15 is 0 Å². The number of sulfonamides is 1. The Hall–Kier alpha value is -3.98. The molecule has 1 atom stereocenters. The second kappa shape index (κ2) is 13.2. The number of nitrogens with one attached hydrogen (secondary N) is 2. The number of hydrogen-bond acceptors (Lipinski definition) is 7. The number of likely N-dealkylation sites (N-methyl/N-ethyl adjacent to an activating group) is 1. The average Bonchev–Trinajstić information content (AvgIpc) is 2.97. The minimum Gasteiger partial charge on any atom is -0.405 e. The van der Waals surface area contributed by atoms with Gasteiger partial charge in [0.25, 0.3) is 5.91 Å². The van der Waals surface area contributed by atoms with Crippen molar-refractivity contribution >= 4 is 33.2 Å². The second-order valence-electron chi connectivity index (χ2n) is 11.2. The van der Waals surface area contributed by atoms with Crippen LogP contribution in [0.15, 0.2) is 66.7 Å². The number of piperazine rings is 1. The lowest BCUT2D eigenvalue weighted by molar-refractivity contribution is -0.274. The summed E-state index contributed by atoms with van der Waals surface area (Å²) >= 11 is 0. The topological polar surface area (TPSA) is 111 Å². The number of amides is 2. The Morgan fingerprint density at radius 1 is 0.889 bits per heavy atom. The van der Waals surface area contributed by atoms with E-state index in [1.54, 1.807) is 12.1 Å². The van der Waals surface area contributed by atoms with Crippen molar-refractivity contribution in [1.29, 1.82) is 0 Å². The molecule has 5 rings (SSSR count). The Labute approximate surface area is 259 Å². The summed E-state index contributed by atoms with van der Waals surface area (Å²) in [7, 11) is -1.37. The van der Waals surface area contributed by atoms with Gasteiger partial charge in [0.2, 0.25) is 15.9 Å². The molecule has 14 heteroatoms.